The summed E-state index contributed by atoms with van der Waals surface area (Å²) in [7, 11) is 0. The topological polar surface area (TPSA) is 26.0 Å². The predicted octanol–water partition coefficient (Wildman–Crippen LogP) is 2.94. The van der Waals surface area contributed by atoms with Gasteiger partial charge in [0.25, 0.3) is 0 Å². The Morgan fingerprint density at radius 3 is 2.33 bits per heavy atom. The zero-order chi connectivity index (χ0) is 9.03. The third-order valence-corrected chi connectivity index (χ3v) is 3.14. The second kappa shape index (κ2) is 4.27. The van der Waals surface area contributed by atoms with Crippen LogP contribution >= 0.6 is 0 Å². The molecule has 0 aromatic rings. The molecule has 1 nitrogen and oxygen atoms in total. The minimum Gasteiger partial charge on any atom is -0.330 e. The van der Waals surface area contributed by atoms with Gasteiger partial charge in [0.05, 0.1) is 0 Å². The zero-order valence-corrected chi connectivity index (χ0v) is 8.60. The molecule has 0 spiro atoms. The van der Waals surface area contributed by atoms with E-state index in [1.165, 1.54) is 38.5 Å². The quantitative estimate of drug-likeness (QED) is 0.688. The van der Waals surface area contributed by atoms with Crippen LogP contribution in [0.1, 0.15) is 52.4 Å². The summed E-state index contributed by atoms with van der Waals surface area (Å²) in [6.07, 6.45) is 8.43. The highest BCUT2D eigenvalue weighted by atomic mass is 14.5. The molecule has 1 saturated carbocycles. The lowest BCUT2D eigenvalue weighted by Crippen LogP contribution is -2.19. The Balaban J connectivity index is 2.27. The van der Waals surface area contributed by atoms with Crippen molar-refractivity contribution in [2.24, 2.45) is 17.1 Å². The van der Waals surface area contributed by atoms with Crippen LogP contribution in [0.4, 0.5) is 0 Å². The molecule has 1 aliphatic carbocycles. The zero-order valence-electron chi connectivity index (χ0n) is 8.60. The average Bonchev–Trinajstić information content (AvgIpc) is 2.38. The third-order valence-electron chi connectivity index (χ3n) is 3.14. The predicted molar refractivity (Wildman–Crippen MR) is 54.0 cm³/mol. The lowest BCUT2D eigenvalue weighted by Gasteiger charge is -2.27. The molecule has 0 unspecified atom stereocenters. The molecule has 0 saturated heterocycles. The van der Waals surface area contributed by atoms with Gasteiger partial charge < -0.3 is 5.73 Å². The molecule has 1 rings (SSSR count). The van der Waals surface area contributed by atoms with Gasteiger partial charge >= 0.3 is 0 Å². The third kappa shape index (κ3) is 3.14. The Morgan fingerprint density at radius 1 is 1.25 bits per heavy atom. The van der Waals surface area contributed by atoms with Gasteiger partial charge in [-0.05, 0) is 30.7 Å². The van der Waals surface area contributed by atoms with Crippen LogP contribution in [0.5, 0.6) is 0 Å². The highest BCUT2D eigenvalue weighted by Gasteiger charge is 2.24. The van der Waals surface area contributed by atoms with E-state index in [-0.39, 0.29) is 0 Å². The molecule has 12 heavy (non-hydrogen) atoms. The second-order valence-corrected chi connectivity index (χ2v) is 5.06. The molecule has 1 aliphatic rings. The number of nitrogens with two attached hydrogens (primary N) is 1. The fourth-order valence-electron chi connectivity index (χ4n) is 2.49. The monoisotopic (exact) mass is 169 g/mol. The first-order chi connectivity index (χ1) is 5.64. The molecule has 2 N–H and O–H groups in total. The van der Waals surface area contributed by atoms with E-state index in [1.54, 1.807) is 0 Å². The highest BCUT2D eigenvalue weighted by molar-refractivity contribution is 4.77. The van der Waals surface area contributed by atoms with E-state index in [1.807, 2.05) is 0 Å². The Hall–Kier alpha value is -0.0400. The van der Waals surface area contributed by atoms with Gasteiger partial charge in [0.15, 0.2) is 0 Å². The van der Waals surface area contributed by atoms with Gasteiger partial charge in [-0.2, -0.15) is 0 Å². The Bertz CT molecular complexity index is 123. The van der Waals surface area contributed by atoms with E-state index in [9.17, 15) is 0 Å². The maximum atomic E-state index is 5.59. The Morgan fingerprint density at radius 2 is 1.83 bits per heavy atom. The number of hydrogen-bond donors (Lipinski definition) is 1. The molecule has 1 heteroatoms. The molecule has 0 atom stereocenters. The lowest BCUT2D eigenvalue weighted by atomic mass is 9.79. The van der Waals surface area contributed by atoms with E-state index < -0.39 is 0 Å². The van der Waals surface area contributed by atoms with Crippen LogP contribution in [0.2, 0.25) is 0 Å². The van der Waals surface area contributed by atoms with E-state index >= 15 is 0 Å². The largest absolute Gasteiger partial charge is 0.330 e. The van der Waals surface area contributed by atoms with Crippen LogP contribution in [0.3, 0.4) is 0 Å². The summed E-state index contributed by atoms with van der Waals surface area (Å²) >= 11 is 0. The fraction of sp³-hybridized carbons (Fsp3) is 1.00. The minimum absolute atomic E-state index is 0.490. The highest BCUT2D eigenvalue weighted by Crippen LogP contribution is 2.36. The molecule has 1 fully saturated rings. The van der Waals surface area contributed by atoms with Crippen molar-refractivity contribution in [2.45, 2.75) is 52.4 Å². The maximum absolute atomic E-state index is 5.59. The van der Waals surface area contributed by atoms with E-state index in [0.717, 1.165) is 12.5 Å². The van der Waals surface area contributed by atoms with E-state index in [2.05, 4.69) is 13.8 Å². The molecule has 0 aliphatic heterocycles. The minimum atomic E-state index is 0.490. The van der Waals surface area contributed by atoms with Crippen molar-refractivity contribution in [2.75, 3.05) is 6.54 Å². The Kier molecular flexibility index (Phi) is 3.57. The Labute approximate surface area is 76.7 Å². The molecule has 0 aromatic carbocycles. The standard InChI is InChI=1S/C11H23N/c1-11(2,7-8-12)9-10-5-3-4-6-10/h10H,3-9,12H2,1-2H3. The van der Waals surface area contributed by atoms with Gasteiger partial charge in [0.1, 0.15) is 0 Å². The SMILES string of the molecule is CC(C)(CCN)CC1CCCC1. The van der Waals surface area contributed by atoms with Crippen LogP contribution in [-0.4, -0.2) is 6.54 Å². The number of rotatable bonds is 4. The van der Waals surface area contributed by atoms with Crippen molar-refractivity contribution in [3.8, 4) is 0 Å². The molecule has 0 amide bonds. The molecule has 0 radical (unpaired) electrons. The van der Waals surface area contributed by atoms with Crippen molar-refractivity contribution in [3.63, 3.8) is 0 Å². The summed E-state index contributed by atoms with van der Waals surface area (Å²) < 4.78 is 0. The van der Waals surface area contributed by atoms with Crippen LogP contribution in [-0.2, 0) is 0 Å². The average molecular weight is 169 g/mol. The second-order valence-electron chi connectivity index (χ2n) is 5.06. The van der Waals surface area contributed by atoms with Gasteiger partial charge in [-0.3, -0.25) is 0 Å². The normalized spacial score (nSPS) is 20.2. The van der Waals surface area contributed by atoms with Gasteiger partial charge in [-0.1, -0.05) is 39.5 Å². The molecular weight excluding hydrogens is 146 g/mol. The molecule has 0 heterocycles. The van der Waals surface area contributed by atoms with Gasteiger partial charge in [-0.15, -0.1) is 0 Å². The molecule has 72 valence electrons. The smallest absolute Gasteiger partial charge is 0.00722 e. The first-order valence-corrected chi connectivity index (χ1v) is 5.34. The van der Waals surface area contributed by atoms with Crippen molar-refractivity contribution < 1.29 is 0 Å². The summed E-state index contributed by atoms with van der Waals surface area (Å²) in [6.45, 7) is 5.57. The van der Waals surface area contributed by atoms with Crippen LogP contribution in [0.25, 0.3) is 0 Å². The maximum Gasteiger partial charge on any atom is -0.00722 e. The van der Waals surface area contributed by atoms with Gasteiger partial charge in [0, 0.05) is 0 Å². The van der Waals surface area contributed by atoms with E-state index in [0.29, 0.717) is 5.41 Å². The van der Waals surface area contributed by atoms with E-state index in [4.69, 9.17) is 5.73 Å². The number of hydrogen-bond acceptors (Lipinski definition) is 1. The summed E-state index contributed by atoms with van der Waals surface area (Å²) in [5.41, 5.74) is 6.08. The molecule has 0 aromatic heterocycles. The summed E-state index contributed by atoms with van der Waals surface area (Å²) in [5, 5.41) is 0. The summed E-state index contributed by atoms with van der Waals surface area (Å²) in [4.78, 5) is 0. The van der Waals surface area contributed by atoms with Crippen LogP contribution in [0.15, 0.2) is 0 Å². The fourth-order valence-corrected chi connectivity index (χ4v) is 2.49. The van der Waals surface area contributed by atoms with Crippen LogP contribution in [0, 0.1) is 11.3 Å². The lowest BCUT2D eigenvalue weighted by molar-refractivity contribution is 0.253. The van der Waals surface area contributed by atoms with Crippen molar-refractivity contribution in [1.29, 1.82) is 0 Å². The molecular formula is C11H23N. The van der Waals surface area contributed by atoms with Crippen LogP contribution < -0.4 is 5.73 Å². The van der Waals surface area contributed by atoms with Crippen molar-refractivity contribution in [3.05, 3.63) is 0 Å². The first kappa shape index (κ1) is 10.0. The van der Waals surface area contributed by atoms with Crippen molar-refractivity contribution in [1.82, 2.24) is 0 Å². The van der Waals surface area contributed by atoms with Gasteiger partial charge in [0.2, 0.25) is 0 Å². The van der Waals surface area contributed by atoms with Gasteiger partial charge in [-0.25, -0.2) is 0 Å². The van der Waals surface area contributed by atoms with Crippen molar-refractivity contribution >= 4 is 0 Å². The summed E-state index contributed by atoms with van der Waals surface area (Å²) in [6, 6.07) is 0. The summed E-state index contributed by atoms with van der Waals surface area (Å²) in [5.74, 6) is 1.01. The molecule has 0 bridgehead atoms. The first-order valence-electron chi connectivity index (χ1n) is 5.34.